The number of amides is 2. The van der Waals surface area contributed by atoms with Gasteiger partial charge in [0.1, 0.15) is 0 Å². The SMILES string of the molecule is CC(CC(N)=O)C(=O)N(C)C1CCS(=O)(=O)C1. The zero-order valence-electron chi connectivity index (χ0n) is 10.0. The van der Waals surface area contributed by atoms with Gasteiger partial charge in [0.2, 0.25) is 11.8 Å². The van der Waals surface area contributed by atoms with Crippen molar-refractivity contribution in [2.75, 3.05) is 18.6 Å². The summed E-state index contributed by atoms with van der Waals surface area (Å²) in [5, 5.41) is 0. The molecular formula is C10H18N2O4S. The fourth-order valence-corrected chi connectivity index (χ4v) is 3.77. The monoisotopic (exact) mass is 262 g/mol. The molecule has 1 aliphatic heterocycles. The first kappa shape index (κ1) is 14.0. The molecule has 98 valence electrons. The van der Waals surface area contributed by atoms with Crippen LogP contribution in [0, 0.1) is 5.92 Å². The van der Waals surface area contributed by atoms with Gasteiger partial charge in [-0.25, -0.2) is 8.42 Å². The minimum Gasteiger partial charge on any atom is -0.370 e. The number of carbonyl (C=O) groups is 2. The van der Waals surface area contributed by atoms with Gasteiger partial charge >= 0.3 is 0 Å². The van der Waals surface area contributed by atoms with Gasteiger partial charge in [-0.15, -0.1) is 0 Å². The molecule has 17 heavy (non-hydrogen) atoms. The summed E-state index contributed by atoms with van der Waals surface area (Å²) in [6.45, 7) is 1.62. The van der Waals surface area contributed by atoms with Gasteiger partial charge in [0.15, 0.2) is 9.84 Å². The molecule has 2 amide bonds. The van der Waals surface area contributed by atoms with E-state index in [1.165, 1.54) is 4.90 Å². The Kier molecular flexibility index (Phi) is 4.13. The molecule has 6 nitrogen and oxygen atoms in total. The van der Waals surface area contributed by atoms with E-state index in [0.29, 0.717) is 6.42 Å². The first-order chi connectivity index (χ1) is 7.73. The lowest BCUT2D eigenvalue weighted by Gasteiger charge is -2.26. The summed E-state index contributed by atoms with van der Waals surface area (Å²) in [6, 6.07) is -0.275. The third-order valence-electron chi connectivity index (χ3n) is 3.03. The topological polar surface area (TPSA) is 97.5 Å². The highest BCUT2D eigenvalue weighted by Crippen LogP contribution is 2.18. The minimum absolute atomic E-state index is 0.0113. The second-order valence-corrected chi connectivity index (χ2v) is 6.81. The van der Waals surface area contributed by atoms with Crippen LogP contribution in [-0.2, 0) is 19.4 Å². The Morgan fingerprint density at radius 3 is 2.47 bits per heavy atom. The number of hydrogen-bond donors (Lipinski definition) is 1. The van der Waals surface area contributed by atoms with Crippen molar-refractivity contribution >= 4 is 21.7 Å². The van der Waals surface area contributed by atoms with Gasteiger partial charge in [-0.2, -0.15) is 0 Å². The molecule has 7 heteroatoms. The van der Waals surface area contributed by atoms with Crippen molar-refractivity contribution < 1.29 is 18.0 Å². The summed E-state index contributed by atoms with van der Waals surface area (Å²) in [6.07, 6.45) is 0.455. The average molecular weight is 262 g/mol. The molecular weight excluding hydrogens is 244 g/mol. The first-order valence-electron chi connectivity index (χ1n) is 5.48. The second kappa shape index (κ2) is 5.03. The van der Waals surface area contributed by atoms with Crippen LogP contribution in [0.25, 0.3) is 0 Å². The maximum atomic E-state index is 11.9. The molecule has 0 aliphatic carbocycles. The van der Waals surface area contributed by atoms with Crippen LogP contribution in [-0.4, -0.2) is 49.7 Å². The summed E-state index contributed by atoms with van der Waals surface area (Å²) in [5.41, 5.74) is 5.02. The predicted molar refractivity (Wildman–Crippen MR) is 62.8 cm³/mol. The van der Waals surface area contributed by atoms with E-state index in [2.05, 4.69) is 0 Å². The van der Waals surface area contributed by atoms with Crippen LogP contribution >= 0.6 is 0 Å². The molecule has 1 aliphatic rings. The smallest absolute Gasteiger partial charge is 0.225 e. The Morgan fingerprint density at radius 1 is 1.47 bits per heavy atom. The number of nitrogens with two attached hydrogens (primary N) is 1. The fourth-order valence-electron chi connectivity index (χ4n) is 2.00. The number of sulfone groups is 1. The lowest BCUT2D eigenvalue weighted by Crippen LogP contribution is -2.41. The molecule has 1 saturated heterocycles. The Hall–Kier alpha value is -1.11. The van der Waals surface area contributed by atoms with E-state index < -0.39 is 21.7 Å². The molecule has 0 aromatic rings. The largest absolute Gasteiger partial charge is 0.370 e. The van der Waals surface area contributed by atoms with Gasteiger partial charge < -0.3 is 10.6 Å². The van der Waals surface area contributed by atoms with Crippen molar-refractivity contribution in [1.82, 2.24) is 4.90 Å². The van der Waals surface area contributed by atoms with Gasteiger partial charge in [-0.1, -0.05) is 6.92 Å². The van der Waals surface area contributed by atoms with Gasteiger partial charge in [-0.05, 0) is 6.42 Å². The summed E-state index contributed by atoms with van der Waals surface area (Å²) in [5.74, 6) is -1.12. The van der Waals surface area contributed by atoms with Crippen LogP contribution in [0.1, 0.15) is 19.8 Å². The van der Waals surface area contributed by atoms with Crippen molar-refractivity contribution in [3.63, 3.8) is 0 Å². The Bertz CT molecular complexity index is 418. The molecule has 2 unspecified atom stereocenters. The maximum absolute atomic E-state index is 11.9. The van der Waals surface area contributed by atoms with E-state index in [9.17, 15) is 18.0 Å². The number of nitrogens with zero attached hydrogens (tertiary/aromatic N) is 1. The zero-order chi connectivity index (χ0) is 13.2. The van der Waals surface area contributed by atoms with E-state index in [1.807, 2.05) is 0 Å². The van der Waals surface area contributed by atoms with E-state index in [0.717, 1.165) is 0 Å². The summed E-state index contributed by atoms with van der Waals surface area (Å²) < 4.78 is 22.6. The van der Waals surface area contributed by atoms with Crippen LogP contribution < -0.4 is 5.73 Å². The maximum Gasteiger partial charge on any atom is 0.225 e. The van der Waals surface area contributed by atoms with E-state index in [4.69, 9.17) is 5.73 Å². The molecule has 1 rings (SSSR count). The number of rotatable bonds is 4. The van der Waals surface area contributed by atoms with Crippen LogP contribution in [0.5, 0.6) is 0 Å². The minimum atomic E-state index is -3.01. The molecule has 0 radical (unpaired) electrons. The molecule has 1 heterocycles. The highest BCUT2D eigenvalue weighted by molar-refractivity contribution is 7.91. The molecule has 0 aromatic carbocycles. The lowest BCUT2D eigenvalue weighted by atomic mass is 10.1. The van der Waals surface area contributed by atoms with Crippen LogP contribution in [0.2, 0.25) is 0 Å². The number of carbonyl (C=O) groups excluding carboxylic acids is 2. The molecule has 2 N–H and O–H groups in total. The molecule has 0 spiro atoms. The third kappa shape index (κ3) is 3.69. The van der Waals surface area contributed by atoms with Gasteiger partial charge in [0, 0.05) is 25.4 Å². The van der Waals surface area contributed by atoms with Crippen molar-refractivity contribution in [2.45, 2.75) is 25.8 Å². The second-order valence-electron chi connectivity index (χ2n) is 4.58. The molecule has 0 aromatic heterocycles. The Morgan fingerprint density at radius 2 is 2.06 bits per heavy atom. The Balaban J connectivity index is 2.61. The van der Waals surface area contributed by atoms with Gasteiger partial charge in [0.05, 0.1) is 11.5 Å². The van der Waals surface area contributed by atoms with Crippen LogP contribution in [0.15, 0.2) is 0 Å². The average Bonchev–Trinajstić information content (AvgIpc) is 2.55. The lowest BCUT2D eigenvalue weighted by molar-refractivity contribution is -0.137. The van der Waals surface area contributed by atoms with E-state index >= 15 is 0 Å². The normalized spacial score (nSPS) is 24.2. The highest BCUT2D eigenvalue weighted by atomic mass is 32.2. The summed E-state index contributed by atoms with van der Waals surface area (Å²) in [4.78, 5) is 24.0. The molecule has 0 saturated carbocycles. The quantitative estimate of drug-likeness (QED) is 0.713. The third-order valence-corrected chi connectivity index (χ3v) is 4.78. The van der Waals surface area contributed by atoms with Gasteiger partial charge in [0.25, 0.3) is 0 Å². The standard InChI is InChI=1S/C10H18N2O4S/c1-7(5-9(11)13)10(14)12(2)8-3-4-17(15,16)6-8/h7-8H,3-6H2,1-2H3,(H2,11,13). The van der Waals surface area contributed by atoms with Crippen LogP contribution in [0.4, 0.5) is 0 Å². The van der Waals surface area contributed by atoms with Gasteiger partial charge in [-0.3, -0.25) is 9.59 Å². The van der Waals surface area contributed by atoms with Crippen molar-refractivity contribution in [3.8, 4) is 0 Å². The van der Waals surface area contributed by atoms with Crippen molar-refractivity contribution in [1.29, 1.82) is 0 Å². The summed E-state index contributed by atoms with van der Waals surface area (Å²) >= 11 is 0. The van der Waals surface area contributed by atoms with Crippen molar-refractivity contribution in [3.05, 3.63) is 0 Å². The van der Waals surface area contributed by atoms with Crippen LogP contribution in [0.3, 0.4) is 0 Å². The first-order valence-corrected chi connectivity index (χ1v) is 7.30. The molecule has 0 bridgehead atoms. The fraction of sp³-hybridized carbons (Fsp3) is 0.800. The summed E-state index contributed by atoms with van der Waals surface area (Å²) in [7, 11) is -1.43. The highest BCUT2D eigenvalue weighted by Gasteiger charge is 2.34. The zero-order valence-corrected chi connectivity index (χ0v) is 10.9. The van der Waals surface area contributed by atoms with E-state index in [1.54, 1.807) is 14.0 Å². The van der Waals surface area contributed by atoms with E-state index in [-0.39, 0.29) is 29.9 Å². The van der Waals surface area contributed by atoms with Crippen molar-refractivity contribution in [2.24, 2.45) is 11.7 Å². The number of hydrogen-bond acceptors (Lipinski definition) is 4. The predicted octanol–water partition coefficient (Wildman–Crippen LogP) is -0.857. The molecule has 1 fully saturated rings. The molecule has 2 atom stereocenters. The number of primary amides is 1. The Labute approximate surface area is 101 Å².